The van der Waals surface area contributed by atoms with Crippen LogP contribution in [0.1, 0.15) is 48.6 Å². The number of likely N-dealkylation sites (tertiary alicyclic amines) is 1. The molecule has 2 fully saturated rings. The maximum atomic E-state index is 14.0. The van der Waals surface area contributed by atoms with Gasteiger partial charge in [-0.05, 0) is 68.6 Å². The predicted octanol–water partition coefficient (Wildman–Crippen LogP) is 3.45. The first kappa shape index (κ1) is 29.0. The van der Waals surface area contributed by atoms with Gasteiger partial charge in [0, 0.05) is 37.7 Å². The zero-order chi connectivity index (χ0) is 28.9. The van der Waals surface area contributed by atoms with Crippen molar-refractivity contribution < 1.29 is 18.7 Å². The number of rotatable bonds is 9. The number of aromatic nitrogens is 2. The number of hydrogen-bond acceptors (Lipinski definition) is 8. The molecule has 1 amide bonds. The molecule has 1 aromatic heterocycles. The summed E-state index contributed by atoms with van der Waals surface area (Å²) in [6.45, 7) is 9.22. The van der Waals surface area contributed by atoms with Gasteiger partial charge in [-0.1, -0.05) is 19.6 Å². The van der Waals surface area contributed by atoms with Crippen LogP contribution in [0.2, 0.25) is 0 Å². The quantitative estimate of drug-likeness (QED) is 0.429. The second-order valence-electron chi connectivity index (χ2n) is 11.1. The molecule has 9 nitrogen and oxygen atoms in total. The van der Waals surface area contributed by atoms with E-state index < -0.39 is 0 Å². The number of carbonyl (C=O) groups is 1. The van der Waals surface area contributed by atoms with Gasteiger partial charge in [-0.15, -0.1) is 0 Å². The summed E-state index contributed by atoms with van der Waals surface area (Å²) in [5, 5.41) is 9.48. The standard InChI is InChI=1S/C31H39FN6O3/c1-4-27-28(17-26-16-22-15-23(32)9-8-21(22)19-40-26)34-31(41-20-25-7-6-12-36(25)3)35-30(27)37-13-14-38(29(39)5-2)24(18-37)10-11-33/h5,8-9,15,24-26H,2,4,6-7,10,12-14,16-20H2,1,3H3/t24?,25?,26-/m0/s1. The molecule has 1 aromatic carbocycles. The molecule has 4 heterocycles. The third kappa shape index (κ3) is 6.52. The predicted molar refractivity (Wildman–Crippen MR) is 153 cm³/mol. The summed E-state index contributed by atoms with van der Waals surface area (Å²) in [4.78, 5) is 28.5. The van der Waals surface area contributed by atoms with Crippen molar-refractivity contribution in [1.29, 1.82) is 5.26 Å². The van der Waals surface area contributed by atoms with Crippen LogP contribution in [0.5, 0.6) is 6.01 Å². The van der Waals surface area contributed by atoms with Crippen LogP contribution in [0.15, 0.2) is 30.9 Å². The number of nitriles is 1. The Morgan fingerprint density at radius 3 is 2.85 bits per heavy atom. The summed E-state index contributed by atoms with van der Waals surface area (Å²) in [6.07, 6.45) is 5.44. The fourth-order valence-corrected chi connectivity index (χ4v) is 6.23. The van der Waals surface area contributed by atoms with Gasteiger partial charge in [0.15, 0.2) is 0 Å². The van der Waals surface area contributed by atoms with Crippen molar-refractivity contribution in [3.05, 3.63) is 59.1 Å². The number of ether oxygens (including phenoxy) is 2. The van der Waals surface area contributed by atoms with E-state index in [2.05, 4.69) is 36.4 Å². The first-order valence-corrected chi connectivity index (χ1v) is 14.6. The number of nitrogens with zero attached hydrogens (tertiary/aromatic N) is 6. The maximum Gasteiger partial charge on any atom is 0.318 e. The highest BCUT2D eigenvalue weighted by Gasteiger charge is 2.33. The Morgan fingerprint density at radius 2 is 2.12 bits per heavy atom. The second-order valence-corrected chi connectivity index (χ2v) is 11.1. The van der Waals surface area contributed by atoms with E-state index in [1.807, 2.05) is 0 Å². The minimum atomic E-state index is -0.271. The number of carbonyl (C=O) groups excluding carboxylic acids is 1. The average molecular weight is 563 g/mol. The van der Waals surface area contributed by atoms with Crippen LogP contribution in [0.3, 0.4) is 0 Å². The molecule has 2 aromatic rings. The van der Waals surface area contributed by atoms with Crippen LogP contribution in [-0.2, 0) is 35.4 Å². The van der Waals surface area contributed by atoms with Crippen molar-refractivity contribution in [3.8, 4) is 12.1 Å². The summed E-state index contributed by atoms with van der Waals surface area (Å²) in [7, 11) is 2.11. The van der Waals surface area contributed by atoms with E-state index in [9.17, 15) is 14.4 Å². The highest BCUT2D eigenvalue weighted by Crippen LogP contribution is 2.31. The molecule has 3 aliphatic rings. The molecule has 5 rings (SSSR count). The van der Waals surface area contributed by atoms with Crippen molar-refractivity contribution in [2.75, 3.05) is 44.7 Å². The topological polar surface area (TPSA) is 94.8 Å². The van der Waals surface area contributed by atoms with E-state index in [1.54, 1.807) is 17.0 Å². The van der Waals surface area contributed by atoms with Crippen LogP contribution in [-0.4, -0.2) is 83.7 Å². The lowest BCUT2D eigenvalue weighted by Gasteiger charge is -2.41. The van der Waals surface area contributed by atoms with E-state index in [4.69, 9.17) is 19.4 Å². The number of halogens is 1. The molecule has 3 atom stereocenters. The lowest BCUT2D eigenvalue weighted by Crippen LogP contribution is -2.55. The number of piperazine rings is 1. The van der Waals surface area contributed by atoms with Gasteiger partial charge in [-0.2, -0.15) is 15.2 Å². The Morgan fingerprint density at radius 1 is 1.27 bits per heavy atom. The molecule has 10 heteroatoms. The molecule has 41 heavy (non-hydrogen) atoms. The zero-order valence-electron chi connectivity index (χ0n) is 24.0. The van der Waals surface area contributed by atoms with Gasteiger partial charge < -0.3 is 24.2 Å². The third-order valence-corrected chi connectivity index (χ3v) is 8.56. The van der Waals surface area contributed by atoms with Crippen molar-refractivity contribution in [2.24, 2.45) is 0 Å². The minimum absolute atomic E-state index is 0.153. The van der Waals surface area contributed by atoms with Gasteiger partial charge in [-0.3, -0.25) is 4.79 Å². The largest absolute Gasteiger partial charge is 0.462 e. The van der Waals surface area contributed by atoms with E-state index in [0.717, 1.165) is 47.6 Å². The fraction of sp³-hybridized carbons (Fsp3) is 0.548. The van der Waals surface area contributed by atoms with E-state index in [1.165, 1.54) is 12.1 Å². The van der Waals surface area contributed by atoms with Crippen LogP contribution < -0.4 is 9.64 Å². The first-order chi connectivity index (χ1) is 19.9. The number of anilines is 1. The van der Waals surface area contributed by atoms with E-state index in [-0.39, 0.29) is 30.3 Å². The van der Waals surface area contributed by atoms with Crippen molar-refractivity contribution >= 4 is 11.7 Å². The molecule has 2 unspecified atom stereocenters. The van der Waals surface area contributed by atoms with Gasteiger partial charge in [0.2, 0.25) is 5.91 Å². The number of amides is 1. The Balaban J connectivity index is 1.44. The molecule has 218 valence electrons. The Kier molecular flexibility index (Phi) is 9.15. The molecule has 0 radical (unpaired) electrons. The molecule has 0 bridgehead atoms. The van der Waals surface area contributed by atoms with Crippen molar-refractivity contribution in [1.82, 2.24) is 19.8 Å². The summed E-state index contributed by atoms with van der Waals surface area (Å²) in [5.41, 5.74) is 3.85. The molecule has 3 aliphatic heterocycles. The Hall–Kier alpha value is -3.55. The third-order valence-electron chi connectivity index (χ3n) is 8.56. The smallest absolute Gasteiger partial charge is 0.318 e. The lowest BCUT2D eigenvalue weighted by atomic mass is 9.95. The average Bonchev–Trinajstić information content (AvgIpc) is 3.39. The normalized spacial score (nSPS) is 22.7. The summed E-state index contributed by atoms with van der Waals surface area (Å²) >= 11 is 0. The van der Waals surface area contributed by atoms with Crippen molar-refractivity contribution in [3.63, 3.8) is 0 Å². The SMILES string of the molecule is C=CC(=O)N1CCN(c2nc(OCC3CCCN3C)nc(C[C@@H]3Cc4cc(F)ccc4CO3)c2CC)CC1CC#N. The Labute approximate surface area is 241 Å². The highest BCUT2D eigenvalue weighted by atomic mass is 19.1. The number of fused-ring (bicyclic) bond motifs is 1. The molecule has 0 aliphatic carbocycles. The van der Waals surface area contributed by atoms with Crippen LogP contribution in [0.4, 0.5) is 10.2 Å². The fourth-order valence-electron chi connectivity index (χ4n) is 6.23. The Bertz CT molecular complexity index is 1310. The number of hydrogen-bond donors (Lipinski definition) is 0. The van der Waals surface area contributed by atoms with Gasteiger partial charge in [0.25, 0.3) is 0 Å². The molecule has 2 saturated heterocycles. The van der Waals surface area contributed by atoms with Gasteiger partial charge in [-0.25, -0.2) is 4.39 Å². The number of likely N-dealkylation sites (N-methyl/N-ethyl adjacent to an activating group) is 1. The summed E-state index contributed by atoms with van der Waals surface area (Å²) in [5.74, 6) is 0.375. The molecule has 0 saturated carbocycles. The highest BCUT2D eigenvalue weighted by molar-refractivity contribution is 5.87. The van der Waals surface area contributed by atoms with Gasteiger partial charge >= 0.3 is 6.01 Å². The lowest BCUT2D eigenvalue weighted by molar-refractivity contribution is -0.128. The second kappa shape index (κ2) is 13.0. The maximum absolute atomic E-state index is 14.0. The van der Waals surface area contributed by atoms with Gasteiger partial charge in [0.05, 0.1) is 36.9 Å². The molecule has 0 N–H and O–H groups in total. The molecular weight excluding hydrogens is 523 g/mol. The number of benzene rings is 1. The molecular formula is C31H39FN6O3. The molecule has 0 spiro atoms. The zero-order valence-corrected chi connectivity index (χ0v) is 24.0. The van der Waals surface area contributed by atoms with E-state index in [0.29, 0.717) is 64.2 Å². The van der Waals surface area contributed by atoms with Crippen LogP contribution in [0.25, 0.3) is 0 Å². The monoisotopic (exact) mass is 562 g/mol. The van der Waals surface area contributed by atoms with Gasteiger partial charge in [0.1, 0.15) is 18.2 Å². The van der Waals surface area contributed by atoms with Crippen LogP contribution >= 0.6 is 0 Å². The first-order valence-electron chi connectivity index (χ1n) is 14.6. The van der Waals surface area contributed by atoms with E-state index >= 15 is 0 Å². The van der Waals surface area contributed by atoms with Crippen molar-refractivity contribution in [2.45, 2.75) is 70.2 Å². The summed E-state index contributed by atoms with van der Waals surface area (Å²) in [6, 6.07) is 7.47. The minimum Gasteiger partial charge on any atom is -0.462 e. The van der Waals surface area contributed by atoms with Crippen LogP contribution in [0, 0.1) is 17.1 Å². The summed E-state index contributed by atoms with van der Waals surface area (Å²) < 4.78 is 26.4.